The second-order valence-electron chi connectivity index (χ2n) is 12.1. The van der Waals surface area contributed by atoms with Gasteiger partial charge >= 0.3 is 7.12 Å². The lowest BCUT2D eigenvalue weighted by Crippen LogP contribution is -2.47. The van der Waals surface area contributed by atoms with Gasteiger partial charge in [0, 0.05) is 24.3 Å². The molecule has 192 valence electrons. The Balaban J connectivity index is 1.28. The molecule has 3 saturated carbocycles. The number of halogens is 2. The highest BCUT2D eigenvalue weighted by Gasteiger charge is 2.67. The van der Waals surface area contributed by atoms with Gasteiger partial charge < -0.3 is 15.4 Å². The van der Waals surface area contributed by atoms with E-state index in [9.17, 15) is 14.8 Å². The fourth-order valence-electron chi connectivity index (χ4n) is 8.35. The minimum absolute atomic E-state index is 0.0334. The largest absolute Gasteiger partial charge is 0.488 e. The van der Waals surface area contributed by atoms with Crippen molar-refractivity contribution in [1.82, 2.24) is 5.32 Å². The molecule has 0 spiro atoms. The molecule has 5 rings (SSSR count). The maximum Gasteiger partial charge on any atom is 0.488 e. The Morgan fingerprint density at radius 3 is 2.66 bits per heavy atom. The van der Waals surface area contributed by atoms with Crippen molar-refractivity contribution in [3.05, 3.63) is 29.3 Å². The van der Waals surface area contributed by atoms with E-state index >= 15 is 8.78 Å². The van der Waals surface area contributed by atoms with Gasteiger partial charge in [-0.25, -0.2) is 8.78 Å². The third-order valence-corrected chi connectivity index (χ3v) is 10.1. The summed E-state index contributed by atoms with van der Waals surface area (Å²) in [6.45, 7) is 1.82. The van der Waals surface area contributed by atoms with E-state index < -0.39 is 18.5 Å². The van der Waals surface area contributed by atoms with E-state index in [4.69, 9.17) is 0 Å². The number of carbonyl (C=O) groups excluding carboxylic acids is 1. The molecular formula is C28H40BF2NO3. The lowest BCUT2D eigenvalue weighted by Gasteiger charge is -2.51. The highest BCUT2D eigenvalue weighted by Crippen LogP contribution is 2.68. The topological polar surface area (TPSA) is 69.6 Å². The van der Waals surface area contributed by atoms with Crippen LogP contribution in [0.5, 0.6) is 0 Å². The molecule has 0 saturated heterocycles. The maximum absolute atomic E-state index is 15.5. The van der Waals surface area contributed by atoms with E-state index in [0.717, 1.165) is 37.7 Å². The number of hydrogen-bond acceptors (Lipinski definition) is 3. The minimum atomic E-state index is -2.66. The Labute approximate surface area is 208 Å². The van der Waals surface area contributed by atoms with Crippen LogP contribution in [0.15, 0.2) is 18.2 Å². The van der Waals surface area contributed by atoms with Gasteiger partial charge in [0.15, 0.2) is 0 Å². The first kappa shape index (κ1) is 25.2. The molecule has 4 aliphatic carbocycles. The molecule has 0 aromatic heterocycles. The van der Waals surface area contributed by atoms with Gasteiger partial charge in [-0.1, -0.05) is 44.4 Å². The minimum Gasteiger partial charge on any atom is -0.423 e. The van der Waals surface area contributed by atoms with E-state index in [1.54, 1.807) is 6.07 Å². The molecule has 0 unspecified atom stereocenters. The Morgan fingerprint density at radius 1 is 1.14 bits per heavy atom. The van der Waals surface area contributed by atoms with Crippen LogP contribution in [-0.4, -0.2) is 35.0 Å². The summed E-state index contributed by atoms with van der Waals surface area (Å²) in [7, 11) is -1.49. The van der Waals surface area contributed by atoms with Gasteiger partial charge in [0.05, 0.1) is 0 Å². The Morgan fingerprint density at radius 2 is 1.91 bits per heavy atom. The quantitative estimate of drug-likeness (QED) is 0.510. The lowest BCUT2D eigenvalue weighted by molar-refractivity contribution is -0.133. The molecule has 7 heteroatoms. The fraction of sp³-hybridized carbons (Fsp3) is 0.750. The monoisotopic (exact) mass is 487 g/mol. The number of aryl methyl sites for hydroxylation is 1. The molecule has 3 fully saturated rings. The van der Waals surface area contributed by atoms with Gasteiger partial charge in [0.1, 0.15) is 0 Å². The average molecular weight is 487 g/mol. The standard InChI is InChI=1S/C28H40BF2NO3/c1-27-15-14-23-22-13-11-20(29(34)35)16-18(22)10-12-24(23)26(27)19(17-28(27,30)31)6-5-9-25(33)32-21-7-3-2-4-8-21/h11,13,16,19,21,23-24,26,34-35H,2-10,12,14-15,17H2,1H3,(H,32,33)/t19-,23+,24+,26-,27-/m0/s1. The smallest absolute Gasteiger partial charge is 0.423 e. The van der Waals surface area contributed by atoms with E-state index in [0.29, 0.717) is 37.2 Å². The van der Waals surface area contributed by atoms with Gasteiger partial charge in [-0.15, -0.1) is 0 Å². The van der Waals surface area contributed by atoms with E-state index in [-0.39, 0.29) is 36.0 Å². The maximum atomic E-state index is 15.5. The van der Waals surface area contributed by atoms with Gasteiger partial charge in [-0.2, -0.15) is 0 Å². The van der Waals surface area contributed by atoms with Crippen molar-refractivity contribution in [2.45, 2.75) is 108 Å². The predicted molar refractivity (Wildman–Crippen MR) is 134 cm³/mol. The Hall–Kier alpha value is -1.47. The molecule has 0 bridgehead atoms. The molecule has 0 aliphatic heterocycles. The molecular weight excluding hydrogens is 447 g/mol. The highest BCUT2D eigenvalue weighted by atomic mass is 19.3. The number of carbonyl (C=O) groups is 1. The molecule has 1 aromatic carbocycles. The number of fused-ring (bicyclic) bond motifs is 5. The van der Waals surface area contributed by atoms with Crippen LogP contribution in [0.3, 0.4) is 0 Å². The van der Waals surface area contributed by atoms with Crippen LogP contribution in [0, 0.1) is 23.2 Å². The second-order valence-corrected chi connectivity index (χ2v) is 12.1. The van der Waals surface area contributed by atoms with Crippen molar-refractivity contribution in [2.75, 3.05) is 0 Å². The van der Waals surface area contributed by atoms with Crippen LogP contribution in [0.4, 0.5) is 8.78 Å². The van der Waals surface area contributed by atoms with Crippen molar-refractivity contribution in [3.8, 4) is 0 Å². The average Bonchev–Trinajstić information content (AvgIpc) is 3.04. The Kier molecular flexibility index (Phi) is 7.04. The normalized spacial score (nSPS) is 34.0. The van der Waals surface area contributed by atoms with Crippen LogP contribution in [0.2, 0.25) is 0 Å². The predicted octanol–water partition coefficient (Wildman–Crippen LogP) is 4.70. The van der Waals surface area contributed by atoms with E-state index in [1.165, 1.54) is 24.8 Å². The number of benzene rings is 1. The molecule has 3 N–H and O–H groups in total. The van der Waals surface area contributed by atoms with Crippen LogP contribution < -0.4 is 10.8 Å². The van der Waals surface area contributed by atoms with Gasteiger partial charge in [0.25, 0.3) is 5.92 Å². The number of hydrogen-bond donors (Lipinski definition) is 3. The zero-order valence-electron chi connectivity index (χ0n) is 20.9. The fourth-order valence-corrected chi connectivity index (χ4v) is 8.35. The number of alkyl halides is 2. The summed E-state index contributed by atoms with van der Waals surface area (Å²) < 4.78 is 30.9. The lowest BCUT2D eigenvalue weighted by atomic mass is 9.53. The summed E-state index contributed by atoms with van der Waals surface area (Å²) in [6, 6.07) is 5.95. The summed E-state index contributed by atoms with van der Waals surface area (Å²) >= 11 is 0. The summed E-state index contributed by atoms with van der Waals surface area (Å²) in [6.07, 6.45) is 10.4. The van der Waals surface area contributed by atoms with Crippen molar-refractivity contribution in [3.63, 3.8) is 0 Å². The first-order valence-corrected chi connectivity index (χ1v) is 13.9. The first-order chi connectivity index (χ1) is 16.7. The Bertz CT molecular complexity index is 935. The molecule has 0 radical (unpaired) electrons. The molecule has 4 aliphatic rings. The summed E-state index contributed by atoms with van der Waals surface area (Å²) in [5, 5.41) is 22.3. The zero-order chi connectivity index (χ0) is 24.8. The molecule has 1 amide bonds. The number of amides is 1. The number of nitrogens with one attached hydrogen (secondary N) is 1. The number of rotatable bonds is 6. The van der Waals surface area contributed by atoms with Crippen molar-refractivity contribution >= 4 is 18.5 Å². The summed E-state index contributed by atoms with van der Waals surface area (Å²) in [5.41, 5.74) is 1.89. The zero-order valence-corrected chi connectivity index (χ0v) is 20.9. The molecule has 0 heterocycles. The second kappa shape index (κ2) is 9.77. The van der Waals surface area contributed by atoms with E-state index in [2.05, 4.69) is 5.32 Å². The SMILES string of the molecule is C[C@]12CC[C@@H]3c4ccc(B(O)O)cc4CC[C@H]3[C@@H]1[C@@H](CCCC(=O)NC1CCCCC1)CC2(F)F. The molecule has 35 heavy (non-hydrogen) atoms. The summed E-state index contributed by atoms with van der Waals surface area (Å²) in [4.78, 5) is 12.5. The summed E-state index contributed by atoms with van der Waals surface area (Å²) in [5.74, 6) is -2.19. The first-order valence-electron chi connectivity index (χ1n) is 13.9. The molecule has 4 nitrogen and oxygen atoms in total. The van der Waals surface area contributed by atoms with Crippen LogP contribution in [0.1, 0.15) is 101 Å². The van der Waals surface area contributed by atoms with Gasteiger partial charge in [-0.05, 0) is 91.6 Å². The van der Waals surface area contributed by atoms with Crippen molar-refractivity contribution < 1.29 is 23.6 Å². The van der Waals surface area contributed by atoms with Crippen molar-refractivity contribution in [2.24, 2.45) is 23.2 Å². The van der Waals surface area contributed by atoms with Crippen molar-refractivity contribution in [1.29, 1.82) is 0 Å². The van der Waals surface area contributed by atoms with Crippen LogP contribution in [-0.2, 0) is 11.2 Å². The van der Waals surface area contributed by atoms with Crippen LogP contribution >= 0.6 is 0 Å². The van der Waals surface area contributed by atoms with E-state index in [1.807, 2.05) is 19.1 Å². The third kappa shape index (κ3) is 4.68. The highest BCUT2D eigenvalue weighted by molar-refractivity contribution is 6.58. The third-order valence-electron chi connectivity index (χ3n) is 10.1. The van der Waals surface area contributed by atoms with Gasteiger partial charge in [0.2, 0.25) is 5.91 Å². The molecule has 5 atom stereocenters. The van der Waals surface area contributed by atoms with Gasteiger partial charge in [-0.3, -0.25) is 4.79 Å². The molecule has 1 aromatic rings. The van der Waals surface area contributed by atoms with Crippen LogP contribution in [0.25, 0.3) is 0 Å².